The number of hydrogen-bond acceptors (Lipinski definition) is 4. The van der Waals surface area contributed by atoms with Gasteiger partial charge in [-0.1, -0.05) is 12.1 Å². The number of hydrogen-bond donors (Lipinski definition) is 1. The van der Waals surface area contributed by atoms with E-state index in [1.54, 1.807) is 36.4 Å². The summed E-state index contributed by atoms with van der Waals surface area (Å²) in [6.07, 6.45) is 1.54. The van der Waals surface area contributed by atoms with E-state index in [4.69, 9.17) is 9.15 Å². The first kappa shape index (κ1) is 20.4. The Balaban J connectivity index is 1.51. The normalized spacial score (nSPS) is 11.4. The van der Waals surface area contributed by atoms with Crippen LogP contribution >= 0.6 is 0 Å². The summed E-state index contributed by atoms with van der Waals surface area (Å²) in [5.74, 6) is 0.0930. The molecule has 2 heterocycles. The Bertz CT molecular complexity index is 1290. The number of carbonyl (C=O) groups excluding carboxylic acids is 1. The first-order valence-electron chi connectivity index (χ1n) is 9.91. The number of hydrazone groups is 1. The molecule has 0 fully saturated rings. The lowest BCUT2D eigenvalue weighted by atomic mass is 10.2. The third kappa shape index (κ3) is 4.07. The molecule has 31 heavy (non-hydrogen) atoms. The number of rotatable bonds is 6. The van der Waals surface area contributed by atoms with Gasteiger partial charge in [0.1, 0.15) is 17.1 Å². The second-order valence-electron chi connectivity index (χ2n) is 7.06. The van der Waals surface area contributed by atoms with Gasteiger partial charge in [0.05, 0.1) is 18.5 Å². The van der Waals surface area contributed by atoms with Gasteiger partial charge in [0.25, 0.3) is 0 Å². The second kappa shape index (κ2) is 8.47. The molecule has 2 aromatic heterocycles. The van der Waals surface area contributed by atoms with Gasteiger partial charge in [0, 0.05) is 22.3 Å². The van der Waals surface area contributed by atoms with E-state index in [1.807, 2.05) is 37.5 Å². The molecule has 0 aliphatic carbocycles. The fraction of sp³-hybridized carbons (Fsp3) is 0.167. The number of para-hydroxylation sites is 1. The van der Waals surface area contributed by atoms with E-state index in [2.05, 4.69) is 10.5 Å². The monoisotopic (exact) mass is 419 g/mol. The number of carbonyl (C=O) groups is 1. The summed E-state index contributed by atoms with van der Waals surface area (Å²) in [4.78, 5) is 12.4. The Morgan fingerprint density at radius 2 is 2.00 bits per heavy atom. The van der Waals surface area contributed by atoms with Crippen molar-refractivity contribution in [2.24, 2.45) is 5.10 Å². The van der Waals surface area contributed by atoms with Crippen molar-refractivity contribution in [2.45, 2.75) is 20.8 Å². The van der Waals surface area contributed by atoms with Gasteiger partial charge >= 0.3 is 5.91 Å². The lowest BCUT2D eigenvalue weighted by molar-refractivity contribution is 0.0929. The summed E-state index contributed by atoms with van der Waals surface area (Å²) in [5.41, 5.74) is 5.98. The Kier molecular flexibility index (Phi) is 5.58. The van der Waals surface area contributed by atoms with E-state index in [0.717, 1.165) is 22.3 Å². The number of benzene rings is 2. The molecule has 158 valence electrons. The van der Waals surface area contributed by atoms with Crippen LogP contribution < -0.4 is 10.2 Å². The number of fused-ring (bicyclic) bond motifs is 1. The molecule has 6 nitrogen and oxygen atoms in total. The topological polar surface area (TPSA) is 68.8 Å². The molecule has 1 N–H and O–H groups in total. The second-order valence-corrected chi connectivity index (χ2v) is 7.06. The maximum atomic E-state index is 14.2. The quantitative estimate of drug-likeness (QED) is 0.347. The Morgan fingerprint density at radius 3 is 2.77 bits per heavy atom. The zero-order chi connectivity index (χ0) is 22.0. The highest BCUT2D eigenvalue weighted by molar-refractivity contribution is 5.96. The predicted molar refractivity (Wildman–Crippen MR) is 118 cm³/mol. The molecule has 4 rings (SSSR count). The molecule has 0 atom stereocenters. The van der Waals surface area contributed by atoms with E-state index >= 15 is 0 Å². The van der Waals surface area contributed by atoms with Gasteiger partial charge in [0.2, 0.25) is 0 Å². The molecule has 0 aliphatic rings. The van der Waals surface area contributed by atoms with Crippen molar-refractivity contribution < 1.29 is 18.3 Å². The summed E-state index contributed by atoms with van der Waals surface area (Å²) in [6, 6.07) is 15.5. The molecule has 1 amide bonds. The van der Waals surface area contributed by atoms with Crippen molar-refractivity contribution in [1.29, 1.82) is 0 Å². The number of aryl methyl sites for hydroxylation is 1. The standard InChI is InChI=1S/C24H22FN3O3/c1-4-30-19-9-10-22-17(12-19)13-23(31-22)24(29)27-26-14-18-11-15(2)28(16(18)3)21-8-6-5-7-20(21)25/h5-14H,4H2,1-3H3,(H,27,29)/b26-14+. The average Bonchev–Trinajstić information content (AvgIpc) is 3.29. The predicted octanol–water partition coefficient (Wildman–Crippen LogP) is 5.14. The number of halogens is 1. The number of amides is 1. The van der Waals surface area contributed by atoms with Gasteiger partial charge < -0.3 is 13.7 Å². The van der Waals surface area contributed by atoms with Crippen LogP contribution in [0.25, 0.3) is 16.7 Å². The molecule has 0 bridgehead atoms. The molecule has 0 spiro atoms. The van der Waals surface area contributed by atoms with Crippen LogP contribution in [0.5, 0.6) is 5.75 Å². The molecule has 0 saturated carbocycles. The van der Waals surface area contributed by atoms with Crippen LogP contribution in [-0.2, 0) is 0 Å². The smallest absolute Gasteiger partial charge is 0.307 e. The molecular formula is C24H22FN3O3. The molecule has 0 radical (unpaired) electrons. The Hall–Kier alpha value is -3.87. The van der Waals surface area contributed by atoms with Crippen molar-refractivity contribution >= 4 is 23.1 Å². The van der Waals surface area contributed by atoms with E-state index in [0.29, 0.717) is 23.6 Å². The van der Waals surface area contributed by atoms with E-state index in [9.17, 15) is 9.18 Å². The van der Waals surface area contributed by atoms with Gasteiger partial charge in [-0.25, -0.2) is 9.82 Å². The number of nitrogens with one attached hydrogen (secondary N) is 1. The van der Waals surface area contributed by atoms with Crippen LogP contribution in [0.1, 0.15) is 34.4 Å². The Morgan fingerprint density at radius 1 is 1.19 bits per heavy atom. The highest BCUT2D eigenvalue weighted by Crippen LogP contribution is 2.25. The van der Waals surface area contributed by atoms with E-state index in [-0.39, 0.29) is 11.6 Å². The van der Waals surface area contributed by atoms with Crippen molar-refractivity contribution in [2.75, 3.05) is 6.61 Å². The minimum Gasteiger partial charge on any atom is -0.494 e. The lowest BCUT2D eigenvalue weighted by Crippen LogP contribution is -2.16. The van der Waals surface area contributed by atoms with Crippen LogP contribution in [0.4, 0.5) is 4.39 Å². The van der Waals surface area contributed by atoms with Crippen LogP contribution in [0.15, 0.2) is 64.1 Å². The molecule has 0 saturated heterocycles. The molecule has 2 aromatic carbocycles. The number of ether oxygens (including phenoxy) is 1. The zero-order valence-electron chi connectivity index (χ0n) is 17.5. The number of nitrogens with zero attached hydrogens (tertiary/aromatic N) is 2. The zero-order valence-corrected chi connectivity index (χ0v) is 17.5. The molecule has 0 unspecified atom stereocenters. The summed E-state index contributed by atoms with van der Waals surface area (Å²) in [5, 5.41) is 4.82. The van der Waals surface area contributed by atoms with Gasteiger partial charge in [-0.3, -0.25) is 4.79 Å². The third-order valence-electron chi connectivity index (χ3n) is 4.96. The van der Waals surface area contributed by atoms with Gasteiger partial charge in [-0.05, 0) is 63.2 Å². The van der Waals surface area contributed by atoms with Crippen molar-refractivity contribution in [3.8, 4) is 11.4 Å². The van der Waals surface area contributed by atoms with Gasteiger partial charge in [0.15, 0.2) is 5.76 Å². The summed E-state index contributed by atoms with van der Waals surface area (Å²) < 4.78 is 27.1. The summed E-state index contributed by atoms with van der Waals surface area (Å²) in [7, 11) is 0. The molecular weight excluding hydrogens is 397 g/mol. The first-order valence-corrected chi connectivity index (χ1v) is 9.91. The minimum atomic E-state index is -0.465. The van der Waals surface area contributed by atoms with Gasteiger partial charge in [-0.15, -0.1) is 0 Å². The fourth-order valence-electron chi connectivity index (χ4n) is 3.53. The van der Waals surface area contributed by atoms with Crippen molar-refractivity contribution in [3.63, 3.8) is 0 Å². The fourth-order valence-corrected chi connectivity index (χ4v) is 3.53. The van der Waals surface area contributed by atoms with Crippen LogP contribution in [-0.4, -0.2) is 23.3 Å². The largest absolute Gasteiger partial charge is 0.494 e. The third-order valence-corrected chi connectivity index (χ3v) is 4.96. The average molecular weight is 419 g/mol. The van der Waals surface area contributed by atoms with Gasteiger partial charge in [-0.2, -0.15) is 5.10 Å². The van der Waals surface area contributed by atoms with Crippen LogP contribution in [0.2, 0.25) is 0 Å². The molecule has 7 heteroatoms. The van der Waals surface area contributed by atoms with Crippen molar-refractivity contribution in [3.05, 3.63) is 83.1 Å². The number of aromatic nitrogens is 1. The summed E-state index contributed by atoms with van der Waals surface area (Å²) in [6.45, 7) is 6.23. The van der Waals surface area contributed by atoms with Crippen molar-refractivity contribution in [1.82, 2.24) is 9.99 Å². The maximum Gasteiger partial charge on any atom is 0.307 e. The van der Waals surface area contributed by atoms with E-state index < -0.39 is 5.91 Å². The maximum absolute atomic E-state index is 14.2. The highest BCUT2D eigenvalue weighted by Gasteiger charge is 2.14. The van der Waals surface area contributed by atoms with E-state index in [1.165, 1.54) is 12.3 Å². The number of furan rings is 1. The SMILES string of the molecule is CCOc1ccc2oc(C(=O)N/N=C/c3cc(C)n(-c4ccccc4F)c3C)cc2c1. The molecule has 0 aliphatic heterocycles. The lowest BCUT2D eigenvalue weighted by Gasteiger charge is -2.10. The van der Waals surface area contributed by atoms with Crippen LogP contribution in [0, 0.1) is 19.7 Å². The Labute approximate surface area is 178 Å². The van der Waals surface area contributed by atoms with Crippen LogP contribution in [0.3, 0.4) is 0 Å². The first-order chi connectivity index (χ1) is 15.0. The highest BCUT2D eigenvalue weighted by atomic mass is 19.1. The molecule has 4 aromatic rings. The summed E-state index contributed by atoms with van der Waals surface area (Å²) >= 11 is 0. The minimum absolute atomic E-state index is 0.151.